The lowest BCUT2D eigenvalue weighted by Crippen LogP contribution is -2.40. The van der Waals surface area contributed by atoms with Gasteiger partial charge in [-0.3, -0.25) is 0 Å². The molecule has 0 aliphatic rings. The van der Waals surface area contributed by atoms with E-state index in [4.69, 9.17) is 37.2 Å². The molecule has 1 heterocycles. The molecule has 0 aliphatic carbocycles. The maximum atomic E-state index is 11.9. The highest BCUT2D eigenvalue weighted by Gasteiger charge is 2.24. The Morgan fingerprint density at radius 2 is 1.79 bits per heavy atom. The summed E-state index contributed by atoms with van der Waals surface area (Å²) >= 11 is 12.8. The number of carbonyl (C=O) groups excluding carboxylic acids is 1. The number of alkyl carbamates (subject to hydrolysis) is 1. The molecule has 0 saturated heterocycles. The predicted molar refractivity (Wildman–Crippen MR) is 135 cm³/mol. The van der Waals surface area contributed by atoms with Gasteiger partial charge in [0.05, 0.1) is 15.6 Å². The lowest BCUT2D eigenvalue weighted by molar-refractivity contribution is 0.131. The summed E-state index contributed by atoms with van der Waals surface area (Å²) in [5.74, 6) is 1.49. The molecule has 0 aliphatic heterocycles. The SMILES string of the molecule is Cc1cc(OCc2c(-c3c(Cl)cccc3Cl)noc2C(C)C)ccc1COC(=O)NC(C)(C)C. The number of nitrogens with zero attached hydrogens (tertiary/aromatic N) is 1. The fourth-order valence-electron chi connectivity index (χ4n) is 3.40. The minimum Gasteiger partial charge on any atom is -0.489 e. The molecule has 34 heavy (non-hydrogen) atoms. The highest BCUT2D eigenvalue weighted by Crippen LogP contribution is 2.38. The third-order valence-corrected chi connectivity index (χ3v) is 5.71. The normalized spacial score (nSPS) is 11.6. The number of nitrogens with one attached hydrogen (secondary N) is 1. The highest BCUT2D eigenvalue weighted by atomic mass is 35.5. The summed E-state index contributed by atoms with van der Waals surface area (Å²) in [5.41, 5.74) is 3.49. The number of benzene rings is 2. The molecule has 3 rings (SSSR count). The van der Waals surface area contributed by atoms with Gasteiger partial charge >= 0.3 is 6.09 Å². The third-order valence-electron chi connectivity index (χ3n) is 5.08. The monoisotopic (exact) mass is 504 g/mol. The first-order chi connectivity index (χ1) is 16.0. The molecule has 2 aromatic carbocycles. The van der Waals surface area contributed by atoms with Gasteiger partial charge in [-0.2, -0.15) is 0 Å². The van der Waals surface area contributed by atoms with Crippen molar-refractivity contribution < 1.29 is 18.8 Å². The van der Waals surface area contributed by atoms with E-state index in [0.717, 1.165) is 22.5 Å². The minimum atomic E-state index is -0.452. The smallest absolute Gasteiger partial charge is 0.407 e. The van der Waals surface area contributed by atoms with Gasteiger partial charge in [0.1, 0.15) is 30.4 Å². The average molecular weight is 505 g/mol. The third kappa shape index (κ3) is 6.45. The van der Waals surface area contributed by atoms with Crippen molar-refractivity contribution in [1.29, 1.82) is 0 Å². The van der Waals surface area contributed by atoms with Crippen LogP contribution in [0.2, 0.25) is 10.0 Å². The van der Waals surface area contributed by atoms with Gasteiger partial charge in [-0.25, -0.2) is 4.79 Å². The van der Waals surface area contributed by atoms with Crippen LogP contribution in [0.5, 0.6) is 5.75 Å². The van der Waals surface area contributed by atoms with E-state index >= 15 is 0 Å². The second kappa shape index (κ2) is 10.7. The van der Waals surface area contributed by atoms with Crippen LogP contribution in [-0.2, 0) is 18.0 Å². The lowest BCUT2D eigenvalue weighted by atomic mass is 10.0. The van der Waals surface area contributed by atoms with Crippen LogP contribution in [0.1, 0.15) is 63.0 Å². The maximum Gasteiger partial charge on any atom is 0.407 e. The summed E-state index contributed by atoms with van der Waals surface area (Å²) in [4.78, 5) is 11.9. The molecule has 0 radical (unpaired) electrons. The molecule has 0 atom stereocenters. The molecule has 1 amide bonds. The minimum absolute atomic E-state index is 0.0987. The van der Waals surface area contributed by atoms with Crippen molar-refractivity contribution in [2.45, 2.75) is 66.2 Å². The Morgan fingerprint density at radius 3 is 2.38 bits per heavy atom. The Hall–Kier alpha value is -2.70. The molecule has 8 heteroatoms. The van der Waals surface area contributed by atoms with Gasteiger partial charge in [0.15, 0.2) is 0 Å². The zero-order valence-electron chi connectivity index (χ0n) is 20.3. The molecule has 6 nitrogen and oxygen atoms in total. The average Bonchev–Trinajstić information content (AvgIpc) is 3.14. The first kappa shape index (κ1) is 25.9. The van der Waals surface area contributed by atoms with Crippen molar-refractivity contribution in [2.24, 2.45) is 0 Å². The van der Waals surface area contributed by atoms with Crippen molar-refractivity contribution in [3.8, 4) is 17.0 Å². The predicted octanol–water partition coefficient (Wildman–Crippen LogP) is 7.68. The number of aromatic nitrogens is 1. The Bertz CT molecular complexity index is 1150. The maximum absolute atomic E-state index is 11.9. The van der Waals surface area contributed by atoms with Crippen LogP contribution in [-0.4, -0.2) is 16.8 Å². The van der Waals surface area contributed by atoms with E-state index in [9.17, 15) is 4.79 Å². The molecule has 1 N–H and O–H groups in total. The van der Waals surface area contributed by atoms with Crippen LogP contribution in [0.4, 0.5) is 4.79 Å². The molecule has 1 aromatic heterocycles. The van der Waals surface area contributed by atoms with Gasteiger partial charge in [0.2, 0.25) is 0 Å². The zero-order valence-corrected chi connectivity index (χ0v) is 21.8. The molecule has 0 spiro atoms. The number of aryl methyl sites for hydroxylation is 1. The number of rotatable bonds is 7. The number of amides is 1. The second-order valence-electron chi connectivity index (χ2n) is 9.45. The summed E-state index contributed by atoms with van der Waals surface area (Å²) in [5, 5.41) is 8.03. The largest absolute Gasteiger partial charge is 0.489 e. The van der Waals surface area contributed by atoms with Gasteiger partial charge in [-0.1, -0.05) is 54.3 Å². The number of hydrogen-bond donors (Lipinski definition) is 1. The summed E-state index contributed by atoms with van der Waals surface area (Å²) in [6.45, 7) is 12.1. The first-order valence-electron chi connectivity index (χ1n) is 11.1. The standard InChI is InChI=1S/C26H30Cl2N2O4/c1-15(2)24-19(23(30-34-24)22-20(27)8-7-9-21(22)28)14-32-18-11-10-17(16(3)12-18)13-33-25(31)29-26(4,5)6/h7-12,15H,13-14H2,1-6H3,(H,29,31). The van der Waals surface area contributed by atoms with Gasteiger partial charge < -0.3 is 19.3 Å². The molecule has 3 aromatic rings. The fourth-order valence-corrected chi connectivity index (χ4v) is 3.97. The van der Waals surface area contributed by atoms with E-state index in [1.165, 1.54) is 0 Å². The van der Waals surface area contributed by atoms with Crippen LogP contribution in [0.25, 0.3) is 11.3 Å². The summed E-state index contributed by atoms with van der Waals surface area (Å²) in [6.07, 6.45) is -0.452. The van der Waals surface area contributed by atoms with Crippen LogP contribution < -0.4 is 10.1 Å². The molecule has 182 valence electrons. The molecular weight excluding hydrogens is 475 g/mol. The number of hydrogen-bond acceptors (Lipinski definition) is 5. The molecular formula is C26H30Cl2N2O4. The number of halogens is 2. The van der Waals surface area contributed by atoms with Crippen LogP contribution in [0, 0.1) is 6.92 Å². The van der Waals surface area contributed by atoms with E-state index in [1.54, 1.807) is 18.2 Å². The number of ether oxygens (including phenoxy) is 2. The van der Waals surface area contributed by atoms with E-state index in [-0.39, 0.29) is 24.7 Å². The first-order valence-corrected chi connectivity index (χ1v) is 11.8. The highest BCUT2D eigenvalue weighted by molar-refractivity contribution is 6.39. The topological polar surface area (TPSA) is 73.6 Å². The van der Waals surface area contributed by atoms with Gasteiger partial charge in [0, 0.05) is 17.0 Å². The van der Waals surface area contributed by atoms with Crippen molar-refractivity contribution in [2.75, 3.05) is 0 Å². The quantitative estimate of drug-likeness (QED) is 0.356. The summed E-state index contributed by atoms with van der Waals surface area (Å²) in [6, 6.07) is 11.0. The Kier molecular flexibility index (Phi) is 8.16. The molecule has 0 bridgehead atoms. The lowest BCUT2D eigenvalue weighted by Gasteiger charge is -2.20. The molecule has 0 saturated carbocycles. The Labute approximate surface area is 210 Å². The Balaban J connectivity index is 1.76. The summed E-state index contributed by atoms with van der Waals surface area (Å²) in [7, 11) is 0. The van der Waals surface area contributed by atoms with Crippen LogP contribution in [0.15, 0.2) is 40.9 Å². The van der Waals surface area contributed by atoms with E-state index < -0.39 is 6.09 Å². The van der Waals surface area contributed by atoms with Gasteiger partial charge in [-0.05, 0) is 63.1 Å². The zero-order chi connectivity index (χ0) is 25.0. The van der Waals surface area contributed by atoms with Crippen molar-refractivity contribution in [3.05, 3.63) is 68.9 Å². The van der Waals surface area contributed by atoms with Crippen LogP contribution in [0.3, 0.4) is 0 Å². The van der Waals surface area contributed by atoms with E-state index in [1.807, 2.05) is 59.7 Å². The number of carbonyl (C=O) groups is 1. The van der Waals surface area contributed by atoms with E-state index in [0.29, 0.717) is 27.1 Å². The summed E-state index contributed by atoms with van der Waals surface area (Å²) < 4.78 is 17.1. The van der Waals surface area contributed by atoms with Gasteiger partial charge in [-0.15, -0.1) is 0 Å². The van der Waals surface area contributed by atoms with Gasteiger partial charge in [0.25, 0.3) is 0 Å². The van der Waals surface area contributed by atoms with Crippen molar-refractivity contribution >= 4 is 29.3 Å². The molecule has 0 fully saturated rings. The van der Waals surface area contributed by atoms with Crippen molar-refractivity contribution in [1.82, 2.24) is 10.5 Å². The van der Waals surface area contributed by atoms with Crippen LogP contribution >= 0.6 is 23.2 Å². The Morgan fingerprint density at radius 1 is 1.12 bits per heavy atom. The molecule has 0 unspecified atom stereocenters. The fraction of sp³-hybridized carbons (Fsp3) is 0.385. The second-order valence-corrected chi connectivity index (χ2v) is 10.3. The van der Waals surface area contributed by atoms with Crippen molar-refractivity contribution in [3.63, 3.8) is 0 Å². The van der Waals surface area contributed by atoms with E-state index in [2.05, 4.69) is 10.5 Å².